The summed E-state index contributed by atoms with van der Waals surface area (Å²) < 4.78 is 20.5. The monoisotopic (exact) mass is 477 g/mol. The van der Waals surface area contributed by atoms with E-state index >= 15 is 0 Å². The molecule has 0 saturated carbocycles. The second-order valence-corrected chi connectivity index (χ2v) is 8.59. The minimum Gasteiger partial charge on any atom is -0.421 e. The van der Waals surface area contributed by atoms with Crippen LogP contribution in [-0.2, 0) is 6.42 Å². The Bertz CT molecular complexity index is 1490. The van der Waals surface area contributed by atoms with Gasteiger partial charge in [0.2, 0.25) is 11.8 Å². The predicted molar refractivity (Wildman–Crippen MR) is 126 cm³/mol. The number of hydrogen-bond acceptors (Lipinski definition) is 8. The molecule has 5 rings (SSSR count). The Morgan fingerprint density at radius 1 is 1.24 bits per heavy atom. The molecular formula is C23H20FN7O2S. The molecule has 4 heterocycles. The van der Waals surface area contributed by atoms with E-state index in [1.807, 2.05) is 25.3 Å². The van der Waals surface area contributed by atoms with E-state index in [-0.39, 0.29) is 23.7 Å². The summed E-state index contributed by atoms with van der Waals surface area (Å²) in [5, 5.41) is 17.2. The molecule has 0 aliphatic rings. The molecule has 172 valence electrons. The molecule has 0 bridgehead atoms. The molecule has 9 nitrogen and oxygen atoms in total. The summed E-state index contributed by atoms with van der Waals surface area (Å²) in [5.74, 6) is 0.410. The van der Waals surface area contributed by atoms with Crippen molar-refractivity contribution in [1.82, 2.24) is 30.1 Å². The summed E-state index contributed by atoms with van der Waals surface area (Å²) in [6.45, 7) is 3.77. The van der Waals surface area contributed by atoms with E-state index in [0.717, 1.165) is 16.7 Å². The highest BCUT2D eigenvalue weighted by molar-refractivity contribution is 7.12. The average Bonchev–Trinajstić information content (AvgIpc) is 3.57. The van der Waals surface area contributed by atoms with E-state index in [4.69, 9.17) is 10.2 Å². The number of aromatic nitrogens is 5. The van der Waals surface area contributed by atoms with Crippen LogP contribution in [0.5, 0.6) is 0 Å². The highest BCUT2D eigenvalue weighted by Gasteiger charge is 2.19. The van der Waals surface area contributed by atoms with Gasteiger partial charge in [0.15, 0.2) is 5.65 Å². The lowest BCUT2D eigenvalue weighted by molar-refractivity contribution is 0.0944. The van der Waals surface area contributed by atoms with E-state index < -0.39 is 0 Å². The Labute approximate surface area is 197 Å². The van der Waals surface area contributed by atoms with Gasteiger partial charge in [-0.1, -0.05) is 19.1 Å². The number of nitrogens with one attached hydrogen (secondary N) is 1. The molecule has 0 radical (unpaired) electrons. The lowest BCUT2D eigenvalue weighted by atomic mass is 10.1. The van der Waals surface area contributed by atoms with Gasteiger partial charge in [-0.15, -0.1) is 26.6 Å². The van der Waals surface area contributed by atoms with Gasteiger partial charge in [0.05, 0.1) is 16.5 Å². The van der Waals surface area contributed by atoms with Crippen LogP contribution in [0.1, 0.15) is 41.0 Å². The number of fused-ring (bicyclic) bond motifs is 1. The zero-order valence-corrected chi connectivity index (χ0v) is 19.1. The lowest BCUT2D eigenvalue weighted by Gasteiger charge is -2.13. The van der Waals surface area contributed by atoms with Crippen molar-refractivity contribution in [3.63, 3.8) is 0 Å². The molecule has 0 fully saturated rings. The molecule has 0 aliphatic carbocycles. The number of anilines is 1. The summed E-state index contributed by atoms with van der Waals surface area (Å²) in [5.41, 5.74) is 9.33. The molecule has 5 aromatic rings. The van der Waals surface area contributed by atoms with Crippen LogP contribution >= 0.6 is 11.3 Å². The first kappa shape index (κ1) is 21.7. The number of aryl methyl sites for hydroxylation is 1. The van der Waals surface area contributed by atoms with Gasteiger partial charge < -0.3 is 15.5 Å². The minimum atomic E-state index is -0.318. The Balaban J connectivity index is 1.45. The van der Waals surface area contributed by atoms with E-state index in [1.54, 1.807) is 28.9 Å². The summed E-state index contributed by atoms with van der Waals surface area (Å²) in [7, 11) is 0. The van der Waals surface area contributed by atoms with Crippen LogP contribution in [0, 0.1) is 5.82 Å². The number of amides is 1. The summed E-state index contributed by atoms with van der Waals surface area (Å²) in [4.78, 5) is 17.6. The fourth-order valence-electron chi connectivity index (χ4n) is 3.53. The van der Waals surface area contributed by atoms with Crippen LogP contribution in [0.25, 0.3) is 28.2 Å². The van der Waals surface area contributed by atoms with Crippen LogP contribution < -0.4 is 11.1 Å². The SMILES string of the molecule is CCc1nnc(-c2cc(-c3csc(C(=O)N[C@@H](C)c4ccc(F)cc4)c3)cn3nc(N)nc23)o1. The van der Waals surface area contributed by atoms with Crippen LogP contribution in [0.2, 0.25) is 0 Å². The van der Waals surface area contributed by atoms with E-state index in [1.165, 1.54) is 23.5 Å². The normalized spacial score (nSPS) is 12.2. The predicted octanol–water partition coefficient (Wildman–Crippen LogP) is 4.28. The maximum atomic E-state index is 13.2. The molecule has 1 aromatic carbocycles. The first-order valence-corrected chi connectivity index (χ1v) is 11.4. The minimum absolute atomic E-state index is 0.119. The largest absolute Gasteiger partial charge is 0.421 e. The van der Waals surface area contributed by atoms with Crippen molar-refractivity contribution in [2.45, 2.75) is 26.3 Å². The van der Waals surface area contributed by atoms with Crippen LogP contribution in [0.4, 0.5) is 10.3 Å². The maximum absolute atomic E-state index is 13.2. The van der Waals surface area contributed by atoms with E-state index in [9.17, 15) is 9.18 Å². The Hall–Kier alpha value is -4.12. The van der Waals surface area contributed by atoms with Gasteiger partial charge in [-0.25, -0.2) is 8.91 Å². The summed E-state index contributed by atoms with van der Waals surface area (Å²) >= 11 is 1.32. The van der Waals surface area contributed by atoms with Crippen molar-refractivity contribution in [3.05, 3.63) is 70.1 Å². The topological polar surface area (TPSA) is 124 Å². The number of nitrogens with zero attached hydrogens (tertiary/aromatic N) is 5. The zero-order valence-electron chi connectivity index (χ0n) is 18.3. The van der Waals surface area contributed by atoms with Gasteiger partial charge in [0.25, 0.3) is 11.8 Å². The number of rotatable bonds is 6. The highest BCUT2D eigenvalue weighted by atomic mass is 32.1. The molecule has 0 aliphatic heterocycles. The molecule has 0 saturated heterocycles. The maximum Gasteiger partial charge on any atom is 0.261 e. The van der Waals surface area contributed by atoms with Crippen LogP contribution in [-0.4, -0.2) is 30.7 Å². The molecule has 0 unspecified atom stereocenters. The van der Waals surface area contributed by atoms with Crippen molar-refractivity contribution in [3.8, 4) is 22.6 Å². The number of carbonyl (C=O) groups is 1. The molecule has 3 N–H and O–H groups in total. The molecule has 11 heteroatoms. The second-order valence-electron chi connectivity index (χ2n) is 7.68. The lowest BCUT2D eigenvalue weighted by Crippen LogP contribution is -2.25. The second kappa shape index (κ2) is 8.67. The molecule has 34 heavy (non-hydrogen) atoms. The third-order valence-corrected chi connectivity index (χ3v) is 6.25. The molecule has 4 aromatic heterocycles. The number of benzene rings is 1. The first-order valence-electron chi connectivity index (χ1n) is 10.5. The number of thiophene rings is 1. The number of nitrogens with two attached hydrogens (primary N) is 1. The third-order valence-electron chi connectivity index (χ3n) is 5.32. The fourth-order valence-corrected chi connectivity index (χ4v) is 4.35. The number of hydrogen-bond donors (Lipinski definition) is 2. The molecule has 1 atom stereocenters. The number of halogens is 1. The van der Waals surface area contributed by atoms with Gasteiger partial charge in [-0.05, 0) is 47.7 Å². The van der Waals surface area contributed by atoms with Crippen LogP contribution in [0.3, 0.4) is 0 Å². The van der Waals surface area contributed by atoms with E-state index in [2.05, 4.69) is 25.6 Å². The average molecular weight is 478 g/mol. The summed E-state index contributed by atoms with van der Waals surface area (Å²) in [6, 6.07) is 9.45. The fraction of sp³-hybridized carbons (Fsp3) is 0.174. The number of carbonyl (C=O) groups excluding carboxylic acids is 1. The zero-order chi connectivity index (χ0) is 23.8. The molecule has 1 amide bonds. The Morgan fingerprint density at radius 3 is 2.76 bits per heavy atom. The Kier molecular flexibility index (Phi) is 5.54. The van der Waals surface area contributed by atoms with Crippen molar-refractivity contribution in [1.29, 1.82) is 0 Å². The molecular weight excluding hydrogens is 457 g/mol. The quantitative estimate of drug-likeness (QED) is 0.374. The summed E-state index contributed by atoms with van der Waals surface area (Å²) in [6.07, 6.45) is 2.39. The van der Waals surface area contributed by atoms with Gasteiger partial charge in [0, 0.05) is 18.2 Å². The first-order chi connectivity index (χ1) is 16.4. The van der Waals surface area contributed by atoms with Crippen molar-refractivity contribution < 1.29 is 13.6 Å². The van der Waals surface area contributed by atoms with Gasteiger partial charge in [0.1, 0.15) is 5.82 Å². The van der Waals surface area contributed by atoms with Crippen LogP contribution in [0.15, 0.2) is 52.4 Å². The van der Waals surface area contributed by atoms with Crippen molar-refractivity contribution >= 4 is 28.8 Å². The van der Waals surface area contributed by atoms with Gasteiger partial charge in [-0.2, -0.15) is 4.98 Å². The molecule has 0 spiro atoms. The standard InChI is InChI=1S/C23H20FN7O2S/c1-3-19-28-29-22(33-19)17-8-14(10-31-20(17)27-23(25)30-31)15-9-18(34-11-15)21(32)26-12(2)13-4-6-16(24)7-5-13/h4-12H,3H2,1-2H3,(H2,25,30)(H,26,32)/t12-/m0/s1. The van der Waals surface area contributed by atoms with Gasteiger partial charge >= 0.3 is 0 Å². The highest BCUT2D eigenvalue weighted by Crippen LogP contribution is 2.32. The van der Waals surface area contributed by atoms with Crippen molar-refractivity contribution in [2.75, 3.05) is 5.73 Å². The number of pyridine rings is 1. The Morgan fingerprint density at radius 2 is 2.03 bits per heavy atom. The number of nitrogen functional groups attached to an aromatic ring is 1. The van der Waals surface area contributed by atoms with E-state index in [0.29, 0.717) is 34.3 Å². The third kappa shape index (κ3) is 4.13. The van der Waals surface area contributed by atoms with Gasteiger partial charge in [-0.3, -0.25) is 4.79 Å². The smallest absolute Gasteiger partial charge is 0.261 e. The van der Waals surface area contributed by atoms with Crippen molar-refractivity contribution in [2.24, 2.45) is 0 Å².